The van der Waals surface area contributed by atoms with Gasteiger partial charge in [0.2, 0.25) is 20.0 Å². The van der Waals surface area contributed by atoms with Gasteiger partial charge >= 0.3 is 0 Å². The van der Waals surface area contributed by atoms with E-state index in [2.05, 4.69) is 9.44 Å². The molecular weight excluding hydrogens is 452 g/mol. The Labute approximate surface area is 188 Å². The van der Waals surface area contributed by atoms with Crippen LogP contribution >= 0.6 is 11.3 Å². The molecule has 0 fully saturated rings. The fourth-order valence-corrected chi connectivity index (χ4v) is 6.63. The van der Waals surface area contributed by atoms with Gasteiger partial charge in [-0.25, -0.2) is 26.3 Å². The first kappa shape index (κ1) is 23.6. The van der Waals surface area contributed by atoms with Gasteiger partial charge in [0.25, 0.3) is 0 Å². The van der Waals surface area contributed by atoms with Crippen LogP contribution in [-0.4, -0.2) is 22.9 Å². The minimum atomic E-state index is -3.86. The molecule has 1 aromatic heterocycles. The summed E-state index contributed by atoms with van der Waals surface area (Å²) in [6.45, 7) is 5.58. The van der Waals surface area contributed by atoms with Gasteiger partial charge in [-0.2, -0.15) is 0 Å². The van der Waals surface area contributed by atoms with Crippen LogP contribution in [-0.2, 0) is 20.0 Å². The number of nitrogens with one attached hydrogen (secondary N) is 2. The van der Waals surface area contributed by atoms with Crippen molar-refractivity contribution in [1.82, 2.24) is 9.44 Å². The molecule has 3 rings (SSSR count). The minimum absolute atomic E-state index is 0.135. The van der Waals surface area contributed by atoms with Crippen molar-refractivity contribution in [3.63, 3.8) is 0 Å². The number of thiophene rings is 1. The summed E-state index contributed by atoms with van der Waals surface area (Å²) in [5.74, 6) is 0. The Hall–Kier alpha value is -2.04. The smallest absolute Gasteiger partial charge is 0.207 e. The number of rotatable bonds is 9. The summed E-state index contributed by atoms with van der Waals surface area (Å²) in [5.41, 5.74) is 1.90. The third kappa shape index (κ3) is 5.81. The summed E-state index contributed by atoms with van der Waals surface area (Å²) in [6.07, 6.45) is 0.393. The number of aryl methyl sites for hydroxylation is 2. The Balaban J connectivity index is 1.93. The van der Waals surface area contributed by atoms with E-state index in [1.54, 1.807) is 54.6 Å². The van der Waals surface area contributed by atoms with Crippen molar-refractivity contribution in [2.75, 3.05) is 0 Å². The maximum atomic E-state index is 13.1. The molecule has 0 spiro atoms. The highest BCUT2D eigenvalue weighted by molar-refractivity contribution is 7.90. The van der Waals surface area contributed by atoms with Crippen LogP contribution in [0.4, 0.5) is 0 Å². The van der Waals surface area contributed by atoms with E-state index in [-0.39, 0.29) is 9.79 Å². The minimum Gasteiger partial charge on any atom is -0.207 e. The molecule has 3 aromatic rings. The number of sulfonamides is 2. The van der Waals surface area contributed by atoms with E-state index in [1.807, 2.05) is 32.2 Å². The van der Waals surface area contributed by atoms with Crippen molar-refractivity contribution in [2.24, 2.45) is 0 Å². The van der Waals surface area contributed by atoms with Gasteiger partial charge in [-0.3, -0.25) is 0 Å². The van der Waals surface area contributed by atoms with E-state index in [1.165, 1.54) is 11.3 Å². The maximum Gasteiger partial charge on any atom is 0.241 e. The van der Waals surface area contributed by atoms with Crippen LogP contribution in [0.1, 0.15) is 35.4 Å². The zero-order chi connectivity index (χ0) is 22.6. The van der Waals surface area contributed by atoms with Crippen molar-refractivity contribution < 1.29 is 16.8 Å². The third-order valence-electron chi connectivity index (χ3n) is 4.94. The quantitative estimate of drug-likeness (QED) is 0.483. The van der Waals surface area contributed by atoms with Crippen molar-refractivity contribution >= 4 is 31.4 Å². The van der Waals surface area contributed by atoms with E-state index in [9.17, 15) is 16.8 Å². The predicted octanol–water partition coefficient (Wildman–Crippen LogP) is 4.14. The second kappa shape index (κ2) is 9.62. The van der Waals surface area contributed by atoms with Crippen LogP contribution in [0, 0.1) is 13.8 Å². The van der Waals surface area contributed by atoms with Gasteiger partial charge in [-0.1, -0.05) is 48.4 Å². The Morgan fingerprint density at radius 3 is 1.68 bits per heavy atom. The third-order valence-corrected chi connectivity index (χ3v) is 8.86. The van der Waals surface area contributed by atoms with E-state index in [4.69, 9.17) is 0 Å². The van der Waals surface area contributed by atoms with Crippen LogP contribution in [0.5, 0.6) is 0 Å². The van der Waals surface area contributed by atoms with Crippen LogP contribution in [0.2, 0.25) is 0 Å². The van der Waals surface area contributed by atoms with E-state index >= 15 is 0 Å². The highest BCUT2D eigenvalue weighted by Crippen LogP contribution is 2.27. The highest BCUT2D eigenvalue weighted by Gasteiger charge is 2.31. The first-order valence-electron chi connectivity index (χ1n) is 9.84. The fraction of sp³-hybridized carbons (Fsp3) is 0.273. The Morgan fingerprint density at radius 1 is 0.774 bits per heavy atom. The van der Waals surface area contributed by atoms with Crippen LogP contribution < -0.4 is 9.44 Å². The lowest BCUT2D eigenvalue weighted by Gasteiger charge is -2.27. The molecule has 0 saturated carbocycles. The summed E-state index contributed by atoms with van der Waals surface area (Å²) in [7, 11) is -7.69. The fourth-order valence-electron chi connectivity index (χ4n) is 3.13. The maximum absolute atomic E-state index is 13.1. The average molecular weight is 479 g/mol. The molecule has 166 valence electrons. The van der Waals surface area contributed by atoms with Crippen LogP contribution in [0.3, 0.4) is 0 Å². The lowest BCUT2D eigenvalue weighted by atomic mass is 10.1. The molecule has 31 heavy (non-hydrogen) atoms. The summed E-state index contributed by atoms with van der Waals surface area (Å²) in [6, 6.07) is 15.3. The molecule has 6 nitrogen and oxygen atoms in total. The molecule has 0 saturated heterocycles. The first-order chi connectivity index (χ1) is 14.6. The molecule has 0 unspecified atom stereocenters. The molecule has 0 bridgehead atoms. The number of hydrogen-bond acceptors (Lipinski definition) is 5. The van der Waals surface area contributed by atoms with Gasteiger partial charge in [0.05, 0.1) is 15.8 Å². The second-order valence-electron chi connectivity index (χ2n) is 7.38. The molecule has 0 aliphatic rings. The Morgan fingerprint density at radius 2 is 1.26 bits per heavy atom. The molecule has 0 amide bonds. The SMILES string of the molecule is CC[C@H](NS(=O)(=O)c1ccc(C)cc1)[C@H](NS(=O)(=O)c1ccc(C)cc1)c1cccs1. The zero-order valence-electron chi connectivity index (χ0n) is 17.6. The monoisotopic (exact) mass is 478 g/mol. The Kier molecular flexibility index (Phi) is 7.33. The van der Waals surface area contributed by atoms with E-state index in [0.29, 0.717) is 6.42 Å². The number of benzene rings is 2. The highest BCUT2D eigenvalue weighted by atomic mass is 32.2. The van der Waals surface area contributed by atoms with Gasteiger partial charge < -0.3 is 0 Å². The van der Waals surface area contributed by atoms with Crippen molar-refractivity contribution in [1.29, 1.82) is 0 Å². The molecule has 0 radical (unpaired) electrons. The van der Waals surface area contributed by atoms with Gasteiger partial charge in [0.15, 0.2) is 0 Å². The molecule has 1 heterocycles. The number of hydrogen-bond donors (Lipinski definition) is 2. The standard InChI is InChI=1S/C22H26N2O4S3/c1-4-20(23-30(25,26)18-11-7-16(2)8-12-18)22(21-6-5-15-29-21)24-31(27,28)19-13-9-17(3)10-14-19/h5-15,20,22-24H,4H2,1-3H3/t20-,22-/m0/s1. The van der Waals surface area contributed by atoms with Gasteiger partial charge in [0.1, 0.15) is 0 Å². The molecular formula is C22H26N2O4S3. The van der Waals surface area contributed by atoms with Gasteiger partial charge in [-0.15, -0.1) is 11.3 Å². The second-order valence-corrected chi connectivity index (χ2v) is 11.8. The molecule has 2 aromatic carbocycles. The summed E-state index contributed by atoms with van der Waals surface area (Å²) >= 11 is 1.38. The lowest BCUT2D eigenvalue weighted by Crippen LogP contribution is -2.45. The lowest BCUT2D eigenvalue weighted by molar-refractivity contribution is 0.449. The largest absolute Gasteiger partial charge is 0.241 e. The van der Waals surface area contributed by atoms with Crippen molar-refractivity contribution in [3.05, 3.63) is 82.0 Å². The molecule has 2 atom stereocenters. The van der Waals surface area contributed by atoms with Crippen molar-refractivity contribution in [3.8, 4) is 0 Å². The van der Waals surface area contributed by atoms with Crippen molar-refractivity contribution in [2.45, 2.75) is 49.1 Å². The molecule has 2 N–H and O–H groups in total. The normalized spacial score (nSPS) is 14.3. The Bertz CT molecular complexity index is 1200. The van der Waals surface area contributed by atoms with E-state index < -0.39 is 32.1 Å². The summed E-state index contributed by atoms with van der Waals surface area (Å²) in [4.78, 5) is 1.01. The average Bonchev–Trinajstić information content (AvgIpc) is 3.26. The molecule has 0 aliphatic heterocycles. The van der Waals surface area contributed by atoms with E-state index in [0.717, 1.165) is 16.0 Å². The van der Waals surface area contributed by atoms with Crippen LogP contribution in [0.25, 0.3) is 0 Å². The topological polar surface area (TPSA) is 92.3 Å². The van der Waals surface area contributed by atoms with Crippen LogP contribution in [0.15, 0.2) is 75.8 Å². The first-order valence-corrected chi connectivity index (χ1v) is 13.7. The molecule has 0 aliphatic carbocycles. The summed E-state index contributed by atoms with van der Waals surface area (Å²) in [5, 5.41) is 1.84. The molecule has 9 heteroatoms. The predicted molar refractivity (Wildman–Crippen MR) is 124 cm³/mol. The van der Waals surface area contributed by atoms with Gasteiger partial charge in [-0.05, 0) is 56.0 Å². The summed E-state index contributed by atoms with van der Waals surface area (Å²) < 4.78 is 57.5. The van der Waals surface area contributed by atoms with Gasteiger partial charge in [0, 0.05) is 10.9 Å². The zero-order valence-corrected chi connectivity index (χ0v) is 20.0.